The van der Waals surface area contributed by atoms with Crippen LogP contribution >= 0.6 is 11.6 Å². The van der Waals surface area contributed by atoms with Gasteiger partial charge in [0.05, 0.1) is 17.6 Å². The van der Waals surface area contributed by atoms with Gasteiger partial charge in [0.25, 0.3) is 0 Å². The molecule has 2 N–H and O–H groups in total. The predicted molar refractivity (Wildman–Crippen MR) is 108 cm³/mol. The first-order chi connectivity index (χ1) is 13.5. The summed E-state index contributed by atoms with van der Waals surface area (Å²) in [6, 6.07) is 6.19. The van der Waals surface area contributed by atoms with Gasteiger partial charge in [-0.15, -0.1) is 0 Å². The fourth-order valence-electron chi connectivity index (χ4n) is 3.40. The average molecular weight is 431 g/mol. The van der Waals surface area contributed by atoms with E-state index in [1.54, 1.807) is 19.2 Å². The minimum Gasteiger partial charge on any atom is -0.375 e. The van der Waals surface area contributed by atoms with Gasteiger partial charge >= 0.3 is 0 Å². The Kier molecular flexibility index (Phi) is 7.53. The summed E-state index contributed by atoms with van der Waals surface area (Å²) in [5.74, 6) is 0.730. The Hall–Kier alpha value is -1.39. The highest BCUT2D eigenvalue weighted by molar-refractivity contribution is 7.89. The first-order valence-corrected chi connectivity index (χ1v) is 11.3. The summed E-state index contributed by atoms with van der Waals surface area (Å²) in [5, 5.41) is 3.60. The zero-order chi connectivity index (χ0) is 20.0. The van der Waals surface area contributed by atoms with Gasteiger partial charge in [0.2, 0.25) is 10.0 Å². The largest absolute Gasteiger partial charge is 0.375 e. The quantitative estimate of drug-likeness (QED) is 0.398. The number of halogens is 1. The van der Waals surface area contributed by atoms with E-state index in [9.17, 15) is 8.42 Å². The smallest absolute Gasteiger partial charge is 0.240 e. The van der Waals surface area contributed by atoms with Crippen molar-refractivity contribution >= 4 is 27.6 Å². The van der Waals surface area contributed by atoms with Crippen LogP contribution in [0.15, 0.2) is 34.2 Å². The van der Waals surface area contributed by atoms with Crippen LogP contribution in [0.25, 0.3) is 0 Å². The van der Waals surface area contributed by atoms with Gasteiger partial charge < -0.3 is 19.7 Å². The maximum Gasteiger partial charge on any atom is 0.240 e. The molecule has 0 saturated carbocycles. The van der Waals surface area contributed by atoms with Gasteiger partial charge in [0.1, 0.15) is 6.10 Å². The topological polar surface area (TPSA) is 92.3 Å². The maximum absolute atomic E-state index is 12.3. The second kappa shape index (κ2) is 9.89. The van der Waals surface area contributed by atoms with E-state index in [0.717, 1.165) is 32.0 Å². The Balaban J connectivity index is 1.47. The predicted octanol–water partition coefficient (Wildman–Crippen LogP) is 1.07. The molecule has 0 aromatic heterocycles. The molecule has 2 heterocycles. The lowest BCUT2D eigenvalue weighted by atomic mass is 10.1. The van der Waals surface area contributed by atoms with Crippen LogP contribution in [0.4, 0.5) is 0 Å². The highest BCUT2D eigenvalue weighted by Crippen LogP contribution is 2.21. The van der Waals surface area contributed by atoms with E-state index < -0.39 is 10.0 Å². The fraction of sp³-hybridized carbons (Fsp3) is 0.611. The standard InChI is InChI=1S/C18H27ClN4O4S/c1-20-18(23-9-11-27-17(13-23)16-6-3-10-26-16)21-7-8-22-28(24,25)15-5-2-4-14(19)12-15/h2,4-5,12,16-17,22H,3,6-11,13H2,1H3,(H,20,21). The van der Waals surface area contributed by atoms with Crippen molar-refractivity contribution in [3.8, 4) is 0 Å². The van der Waals surface area contributed by atoms with Crippen LogP contribution in [0.5, 0.6) is 0 Å². The van der Waals surface area contributed by atoms with Crippen molar-refractivity contribution in [2.24, 2.45) is 4.99 Å². The third-order valence-electron chi connectivity index (χ3n) is 4.79. The lowest BCUT2D eigenvalue weighted by Gasteiger charge is -2.37. The zero-order valence-electron chi connectivity index (χ0n) is 15.9. The number of guanidine groups is 1. The number of sulfonamides is 1. The summed E-state index contributed by atoms with van der Waals surface area (Å²) in [4.78, 5) is 6.59. The third-order valence-corrected chi connectivity index (χ3v) is 6.48. The summed E-state index contributed by atoms with van der Waals surface area (Å²) in [7, 11) is -1.88. The van der Waals surface area contributed by atoms with E-state index in [-0.39, 0.29) is 23.6 Å². The van der Waals surface area contributed by atoms with E-state index in [2.05, 4.69) is 19.9 Å². The molecule has 1 aromatic rings. The third kappa shape index (κ3) is 5.57. The molecular weight excluding hydrogens is 404 g/mol. The van der Waals surface area contributed by atoms with Crippen LogP contribution in [0.1, 0.15) is 12.8 Å². The summed E-state index contributed by atoms with van der Waals surface area (Å²) >= 11 is 5.87. The normalized spacial score (nSPS) is 23.8. The van der Waals surface area contributed by atoms with Crippen molar-refractivity contribution in [3.63, 3.8) is 0 Å². The molecule has 3 rings (SSSR count). The van der Waals surface area contributed by atoms with E-state index in [1.165, 1.54) is 12.1 Å². The Labute approximate surface area is 171 Å². The second-order valence-corrected chi connectivity index (χ2v) is 8.94. The summed E-state index contributed by atoms with van der Waals surface area (Å²) in [5.41, 5.74) is 0. The lowest BCUT2D eigenvalue weighted by Crippen LogP contribution is -2.54. The van der Waals surface area contributed by atoms with Crippen LogP contribution in [0, 0.1) is 0 Å². The molecule has 0 aliphatic carbocycles. The van der Waals surface area contributed by atoms with Crippen molar-refractivity contribution < 1.29 is 17.9 Å². The summed E-state index contributed by atoms with van der Waals surface area (Å²) < 4.78 is 38.8. The van der Waals surface area contributed by atoms with Crippen molar-refractivity contribution in [2.45, 2.75) is 29.9 Å². The van der Waals surface area contributed by atoms with Gasteiger partial charge in [-0.1, -0.05) is 17.7 Å². The van der Waals surface area contributed by atoms with E-state index in [4.69, 9.17) is 21.1 Å². The van der Waals surface area contributed by atoms with Crippen molar-refractivity contribution in [3.05, 3.63) is 29.3 Å². The summed E-state index contributed by atoms with van der Waals surface area (Å²) in [6.45, 7) is 3.49. The van der Waals surface area contributed by atoms with Gasteiger partial charge in [-0.25, -0.2) is 13.1 Å². The minimum absolute atomic E-state index is 0.0381. The molecule has 156 valence electrons. The number of hydrogen-bond donors (Lipinski definition) is 2. The Bertz CT molecular complexity index is 784. The number of nitrogens with zero attached hydrogens (tertiary/aromatic N) is 2. The van der Waals surface area contributed by atoms with E-state index in [0.29, 0.717) is 24.7 Å². The number of rotatable bonds is 6. The summed E-state index contributed by atoms with van der Waals surface area (Å²) in [6.07, 6.45) is 2.28. The van der Waals surface area contributed by atoms with E-state index >= 15 is 0 Å². The molecule has 0 spiro atoms. The van der Waals surface area contributed by atoms with Crippen LogP contribution < -0.4 is 10.0 Å². The molecule has 2 unspecified atom stereocenters. The molecule has 0 bridgehead atoms. The average Bonchev–Trinajstić information content (AvgIpc) is 3.23. The maximum atomic E-state index is 12.3. The number of benzene rings is 1. The van der Waals surface area contributed by atoms with Gasteiger partial charge in [0, 0.05) is 44.9 Å². The molecule has 2 atom stereocenters. The monoisotopic (exact) mass is 430 g/mol. The highest BCUT2D eigenvalue weighted by Gasteiger charge is 2.32. The van der Waals surface area contributed by atoms with Crippen molar-refractivity contribution in [2.75, 3.05) is 46.4 Å². The molecule has 10 heteroatoms. The lowest BCUT2D eigenvalue weighted by molar-refractivity contribution is -0.0816. The van der Waals surface area contributed by atoms with Gasteiger partial charge in [-0.2, -0.15) is 0 Å². The highest BCUT2D eigenvalue weighted by atomic mass is 35.5. The van der Waals surface area contributed by atoms with Gasteiger partial charge in [-0.3, -0.25) is 4.99 Å². The molecule has 2 fully saturated rings. The first kappa shape index (κ1) is 21.3. The molecule has 0 radical (unpaired) electrons. The Morgan fingerprint density at radius 1 is 1.29 bits per heavy atom. The molecule has 2 aliphatic heterocycles. The van der Waals surface area contributed by atoms with E-state index in [1.807, 2.05) is 0 Å². The number of hydrogen-bond acceptors (Lipinski definition) is 5. The Morgan fingerprint density at radius 2 is 2.11 bits per heavy atom. The Morgan fingerprint density at radius 3 is 2.82 bits per heavy atom. The number of nitrogens with one attached hydrogen (secondary N) is 2. The molecule has 8 nitrogen and oxygen atoms in total. The minimum atomic E-state index is -3.60. The van der Waals surface area contributed by atoms with Crippen molar-refractivity contribution in [1.29, 1.82) is 0 Å². The van der Waals surface area contributed by atoms with Crippen LogP contribution in [0.3, 0.4) is 0 Å². The number of morpholine rings is 1. The van der Waals surface area contributed by atoms with Crippen LogP contribution in [-0.2, 0) is 19.5 Å². The fourth-order valence-corrected chi connectivity index (χ4v) is 4.73. The van der Waals surface area contributed by atoms with Crippen LogP contribution in [-0.4, -0.2) is 77.9 Å². The number of ether oxygens (including phenoxy) is 2. The van der Waals surface area contributed by atoms with Crippen molar-refractivity contribution in [1.82, 2.24) is 14.9 Å². The zero-order valence-corrected chi connectivity index (χ0v) is 17.5. The molecular formula is C18H27ClN4O4S. The SMILES string of the molecule is CN=C(NCCNS(=O)(=O)c1cccc(Cl)c1)N1CCOC(C2CCCO2)C1. The van der Waals surface area contributed by atoms with Crippen LogP contribution in [0.2, 0.25) is 5.02 Å². The molecule has 28 heavy (non-hydrogen) atoms. The molecule has 2 saturated heterocycles. The molecule has 1 aromatic carbocycles. The second-order valence-electron chi connectivity index (χ2n) is 6.74. The number of aliphatic imine (C=N–C) groups is 1. The molecule has 2 aliphatic rings. The molecule has 0 amide bonds. The van der Waals surface area contributed by atoms with Gasteiger partial charge in [0.15, 0.2) is 5.96 Å². The first-order valence-electron chi connectivity index (χ1n) is 9.43. The van der Waals surface area contributed by atoms with Gasteiger partial charge in [-0.05, 0) is 31.0 Å².